The number of nitrogens with zero attached hydrogens (tertiary/aromatic N) is 1. The van der Waals surface area contributed by atoms with Crippen molar-refractivity contribution in [1.82, 2.24) is 0 Å². The van der Waals surface area contributed by atoms with Crippen LogP contribution in [0.1, 0.15) is 18.9 Å². The van der Waals surface area contributed by atoms with Crippen molar-refractivity contribution in [3.8, 4) is 6.07 Å². The molecule has 0 saturated carbocycles. The van der Waals surface area contributed by atoms with E-state index in [1.165, 1.54) is 0 Å². The Morgan fingerprint density at radius 2 is 2.35 bits per heavy atom. The van der Waals surface area contributed by atoms with Crippen molar-refractivity contribution in [1.29, 1.82) is 5.26 Å². The van der Waals surface area contributed by atoms with Crippen LogP contribution in [0.3, 0.4) is 0 Å². The highest BCUT2D eigenvalue weighted by Crippen LogP contribution is 2.24. The summed E-state index contributed by atoms with van der Waals surface area (Å²) in [5, 5.41) is 20.9. The van der Waals surface area contributed by atoms with Gasteiger partial charge in [0.25, 0.3) is 0 Å². The van der Waals surface area contributed by atoms with Gasteiger partial charge in [-0.25, -0.2) is 0 Å². The molecule has 1 rings (SSSR count). The first-order valence-electron chi connectivity index (χ1n) is 5.25. The van der Waals surface area contributed by atoms with Crippen molar-refractivity contribution in [2.24, 2.45) is 5.92 Å². The number of carboxylic acids is 1. The second-order valence-corrected chi connectivity index (χ2v) is 4.45. The van der Waals surface area contributed by atoms with Crippen LogP contribution in [0.15, 0.2) is 22.7 Å². The average Bonchev–Trinajstić information content (AvgIpc) is 2.29. The molecule has 0 heterocycles. The number of benzene rings is 1. The third-order valence-electron chi connectivity index (χ3n) is 2.51. The Labute approximate surface area is 108 Å². The van der Waals surface area contributed by atoms with Gasteiger partial charge in [-0.05, 0) is 34.5 Å². The molecule has 1 atom stereocenters. The van der Waals surface area contributed by atoms with Gasteiger partial charge in [0.15, 0.2) is 0 Å². The van der Waals surface area contributed by atoms with E-state index in [2.05, 4.69) is 27.3 Å². The van der Waals surface area contributed by atoms with Crippen molar-refractivity contribution < 1.29 is 9.90 Å². The first kappa shape index (κ1) is 13.5. The van der Waals surface area contributed by atoms with E-state index in [-0.39, 0.29) is 0 Å². The van der Waals surface area contributed by atoms with Crippen LogP contribution in [-0.4, -0.2) is 17.6 Å². The molecule has 1 aromatic rings. The van der Waals surface area contributed by atoms with Gasteiger partial charge in [-0.3, -0.25) is 4.79 Å². The van der Waals surface area contributed by atoms with E-state index in [0.717, 1.165) is 0 Å². The predicted molar refractivity (Wildman–Crippen MR) is 68.8 cm³/mol. The first-order valence-corrected chi connectivity index (χ1v) is 6.04. The van der Waals surface area contributed by atoms with E-state index >= 15 is 0 Å². The fraction of sp³-hybridized carbons (Fsp3) is 0.333. The van der Waals surface area contributed by atoms with E-state index in [0.29, 0.717) is 28.7 Å². The monoisotopic (exact) mass is 296 g/mol. The SMILES string of the molecule is CCC(CNc1cccc(Br)c1C#N)C(=O)O. The Morgan fingerprint density at radius 3 is 2.88 bits per heavy atom. The number of carboxylic acid groups (broad SMARTS) is 1. The first-order chi connectivity index (χ1) is 8.10. The lowest BCUT2D eigenvalue weighted by molar-refractivity contribution is -0.141. The summed E-state index contributed by atoms with van der Waals surface area (Å²) in [7, 11) is 0. The highest BCUT2D eigenvalue weighted by molar-refractivity contribution is 9.10. The van der Waals surface area contributed by atoms with E-state index < -0.39 is 11.9 Å². The second kappa shape index (κ2) is 6.26. The minimum Gasteiger partial charge on any atom is -0.481 e. The lowest BCUT2D eigenvalue weighted by atomic mass is 10.1. The molecule has 0 spiro atoms. The maximum absolute atomic E-state index is 10.9. The number of hydrogen-bond acceptors (Lipinski definition) is 3. The fourth-order valence-corrected chi connectivity index (χ4v) is 1.88. The molecule has 0 amide bonds. The van der Waals surface area contributed by atoms with Crippen molar-refractivity contribution in [2.45, 2.75) is 13.3 Å². The minimum absolute atomic E-state index is 0.316. The Morgan fingerprint density at radius 1 is 1.65 bits per heavy atom. The van der Waals surface area contributed by atoms with Gasteiger partial charge in [0.2, 0.25) is 0 Å². The lowest BCUT2D eigenvalue weighted by Gasteiger charge is -2.13. The quantitative estimate of drug-likeness (QED) is 0.876. The summed E-state index contributed by atoms with van der Waals surface area (Å²) in [6, 6.07) is 7.42. The summed E-state index contributed by atoms with van der Waals surface area (Å²) in [6.07, 6.45) is 0.554. The van der Waals surface area contributed by atoms with Crippen LogP contribution >= 0.6 is 15.9 Å². The van der Waals surface area contributed by atoms with Crippen LogP contribution in [0.5, 0.6) is 0 Å². The number of anilines is 1. The summed E-state index contributed by atoms with van der Waals surface area (Å²) < 4.78 is 0.702. The molecule has 0 saturated heterocycles. The summed E-state index contributed by atoms with van der Waals surface area (Å²) in [4.78, 5) is 10.9. The topological polar surface area (TPSA) is 73.1 Å². The number of halogens is 1. The van der Waals surface area contributed by atoms with Crippen LogP contribution in [-0.2, 0) is 4.79 Å². The Bertz CT molecular complexity index is 454. The number of nitriles is 1. The van der Waals surface area contributed by atoms with Gasteiger partial charge in [0.1, 0.15) is 6.07 Å². The van der Waals surface area contributed by atoms with Crippen molar-refractivity contribution in [3.05, 3.63) is 28.2 Å². The molecule has 1 unspecified atom stereocenters. The highest BCUT2D eigenvalue weighted by Gasteiger charge is 2.15. The van der Waals surface area contributed by atoms with Crippen LogP contribution in [0.25, 0.3) is 0 Å². The zero-order valence-electron chi connectivity index (χ0n) is 9.40. The molecule has 17 heavy (non-hydrogen) atoms. The van der Waals surface area contributed by atoms with Gasteiger partial charge in [-0.2, -0.15) is 5.26 Å². The molecule has 90 valence electrons. The maximum atomic E-state index is 10.9. The number of carbonyl (C=O) groups is 1. The van der Waals surface area contributed by atoms with Crippen LogP contribution in [0.2, 0.25) is 0 Å². The highest BCUT2D eigenvalue weighted by atomic mass is 79.9. The van der Waals surface area contributed by atoms with Gasteiger partial charge in [-0.1, -0.05) is 13.0 Å². The minimum atomic E-state index is -0.825. The second-order valence-electron chi connectivity index (χ2n) is 3.60. The molecule has 0 aliphatic rings. The molecule has 1 aromatic carbocycles. The average molecular weight is 297 g/mol. The normalized spacial score (nSPS) is 11.6. The van der Waals surface area contributed by atoms with Crippen LogP contribution < -0.4 is 5.32 Å². The summed E-state index contributed by atoms with van der Waals surface area (Å²) in [6.45, 7) is 2.14. The third-order valence-corrected chi connectivity index (χ3v) is 3.17. The Kier molecular flexibility index (Phi) is 4.98. The van der Waals surface area contributed by atoms with Crippen molar-refractivity contribution in [2.75, 3.05) is 11.9 Å². The molecule has 2 N–H and O–H groups in total. The summed E-state index contributed by atoms with van der Waals surface area (Å²) in [5.74, 6) is -1.27. The Hall–Kier alpha value is -1.54. The summed E-state index contributed by atoms with van der Waals surface area (Å²) >= 11 is 3.28. The number of aliphatic carboxylic acids is 1. The predicted octanol–water partition coefficient (Wildman–Crippen LogP) is 2.84. The molecule has 5 heteroatoms. The smallest absolute Gasteiger partial charge is 0.308 e. The fourth-order valence-electron chi connectivity index (χ4n) is 1.42. The molecular weight excluding hydrogens is 284 g/mol. The zero-order valence-corrected chi connectivity index (χ0v) is 11.0. The molecule has 0 radical (unpaired) electrons. The van der Waals surface area contributed by atoms with Gasteiger partial charge >= 0.3 is 5.97 Å². The summed E-state index contributed by atoms with van der Waals surface area (Å²) in [5.41, 5.74) is 1.15. The number of rotatable bonds is 5. The number of hydrogen-bond donors (Lipinski definition) is 2. The molecule has 4 nitrogen and oxygen atoms in total. The van der Waals surface area contributed by atoms with Crippen LogP contribution in [0, 0.1) is 17.2 Å². The standard InChI is InChI=1S/C12H13BrN2O2/c1-2-8(12(16)17)7-15-11-5-3-4-10(13)9(11)6-14/h3-5,8,15H,2,7H2,1H3,(H,16,17). The van der Waals surface area contributed by atoms with E-state index in [1.807, 2.05) is 6.92 Å². The molecule has 0 aromatic heterocycles. The molecular formula is C12H13BrN2O2. The molecule has 0 bridgehead atoms. The largest absolute Gasteiger partial charge is 0.481 e. The maximum Gasteiger partial charge on any atom is 0.308 e. The lowest BCUT2D eigenvalue weighted by Crippen LogP contribution is -2.22. The van der Waals surface area contributed by atoms with Gasteiger partial charge < -0.3 is 10.4 Å². The van der Waals surface area contributed by atoms with Gasteiger partial charge in [0.05, 0.1) is 17.2 Å². The molecule has 0 aliphatic heterocycles. The third kappa shape index (κ3) is 3.46. The molecule has 0 aliphatic carbocycles. The van der Waals surface area contributed by atoms with E-state index in [9.17, 15) is 4.79 Å². The number of nitrogens with one attached hydrogen (secondary N) is 1. The Balaban J connectivity index is 2.79. The van der Waals surface area contributed by atoms with Gasteiger partial charge in [-0.15, -0.1) is 0 Å². The van der Waals surface area contributed by atoms with Gasteiger partial charge in [0, 0.05) is 11.0 Å². The van der Waals surface area contributed by atoms with E-state index in [4.69, 9.17) is 10.4 Å². The van der Waals surface area contributed by atoms with Crippen molar-refractivity contribution in [3.63, 3.8) is 0 Å². The molecule has 0 fully saturated rings. The van der Waals surface area contributed by atoms with E-state index in [1.54, 1.807) is 18.2 Å². The van der Waals surface area contributed by atoms with Crippen LogP contribution in [0.4, 0.5) is 5.69 Å². The zero-order chi connectivity index (χ0) is 12.8. The van der Waals surface area contributed by atoms with Crippen molar-refractivity contribution >= 4 is 27.6 Å².